The van der Waals surface area contributed by atoms with Crippen molar-refractivity contribution in [2.24, 2.45) is 0 Å². The lowest BCUT2D eigenvalue weighted by molar-refractivity contribution is 0.569. The van der Waals surface area contributed by atoms with Crippen LogP contribution in [-0.2, 0) is 45.3 Å². The van der Waals surface area contributed by atoms with Crippen LogP contribution in [0.5, 0.6) is 0 Å². The lowest BCUT2D eigenvalue weighted by Gasteiger charge is -2.46. The molecule has 0 saturated carbocycles. The summed E-state index contributed by atoms with van der Waals surface area (Å²) in [5.41, 5.74) is 25.2. The minimum absolute atomic E-state index is 0.00186. The van der Waals surface area contributed by atoms with Gasteiger partial charge in [0.1, 0.15) is 0 Å². The molecule has 0 spiro atoms. The second kappa shape index (κ2) is 16.5. The van der Waals surface area contributed by atoms with Crippen LogP contribution in [0.25, 0.3) is 31.3 Å². The molecule has 0 unspecified atom stereocenters. The summed E-state index contributed by atoms with van der Waals surface area (Å²) in [6.07, 6.45) is 3.59. The van der Waals surface area contributed by atoms with Crippen LogP contribution in [0.4, 0.5) is 34.1 Å². The minimum atomic E-state index is -0.142. The Morgan fingerprint density at radius 2 is 0.904 bits per heavy atom. The van der Waals surface area contributed by atoms with E-state index in [2.05, 4.69) is 250 Å². The van der Waals surface area contributed by atoms with Gasteiger partial charge in [0.2, 0.25) is 0 Å². The molecule has 1 aromatic heterocycles. The van der Waals surface area contributed by atoms with Gasteiger partial charge in [-0.05, 0) is 161 Å². The fourth-order valence-corrected chi connectivity index (χ4v) is 13.5. The third kappa shape index (κ3) is 8.28. The van der Waals surface area contributed by atoms with Crippen molar-refractivity contribution >= 4 is 88.7 Å². The number of aryl methyl sites for hydroxylation is 2. The van der Waals surface area contributed by atoms with E-state index in [9.17, 15) is 0 Å². The SMILES string of the molecule is CC(C)(C)c1ccc(N2c3cc(C(C)(C)C)cc4c3B(c3cc(C(C)(C)C)ccc3N4c3ccc(C(C)(C)C)cc3-c3cc(C(C)(C)C)cc(C(C)(C)C)c3)c3ccc4c(sc5c6c(ccc54)CCC6)c32)cc1. The van der Waals surface area contributed by atoms with Crippen LogP contribution >= 0.6 is 11.3 Å². The average Bonchev–Trinajstić information content (AvgIpc) is 3.95. The standard InChI is InChI=1S/C69H79BN2S/c1-64(2,3)43-23-27-49(28-24-43)71-58-39-48(69(16,17)18)40-59-60(58)70(54-31-30-52-51-29-22-41-20-19-21-50(41)62(51)73-63(52)61(54)71)55-38-45(66(7,8)9)26-33-57(55)72(59)56-32-25-44(65(4,5)6)37-53(56)42-34-46(67(10,11)12)36-47(35-42)68(13,14)15/h22-40H,19-21H2,1-18H3. The van der Waals surface area contributed by atoms with Crippen LogP contribution in [0.3, 0.4) is 0 Å². The summed E-state index contributed by atoms with van der Waals surface area (Å²) in [7, 11) is 0. The summed E-state index contributed by atoms with van der Waals surface area (Å²) >= 11 is 2.05. The number of anilines is 6. The molecule has 0 atom stereocenters. The number of benzene rings is 7. The van der Waals surface area contributed by atoms with Crippen LogP contribution in [0, 0.1) is 0 Å². The molecule has 1 aliphatic carbocycles. The van der Waals surface area contributed by atoms with Gasteiger partial charge in [0, 0.05) is 43.8 Å². The molecular formula is C69H79BN2S. The largest absolute Gasteiger partial charge is 0.311 e. The van der Waals surface area contributed by atoms with E-state index in [0.717, 1.165) is 0 Å². The molecule has 2 nitrogen and oxygen atoms in total. The van der Waals surface area contributed by atoms with Gasteiger partial charge in [-0.25, -0.2) is 0 Å². The summed E-state index contributed by atoms with van der Waals surface area (Å²) in [6.45, 7) is 42.6. The molecule has 0 N–H and O–H groups in total. The Kier molecular flexibility index (Phi) is 11.2. The second-order valence-electron chi connectivity index (χ2n) is 28.3. The molecule has 3 heterocycles. The number of nitrogens with zero attached hydrogens (tertiary/aromatic N) is 2. The lowest BCUT2D eigenvalue weighted by atomic mass is 9.33. The highest BCUT2D eigenvalue weighted by Crippen LogP contribution is 2.53. The van der Waals surface area contributed by atoms with Gasteiger partial charge in [0.05, 0.1) is 16.1 Å². The van der Waals surface area contributed by atoms with Gasteiger partial charge in [-0.3, -0.25) is 0 Å². The molecule has 2 aliphatic heterocycles. The number of thiophene rings is 1. The van der Waals surface area contributed by atoms with Crippen molar-refractivity contribution in [2.75, 3.05) is 9.80 Å². The van der Waals surface area contributed by atoms with E-state index in [4.69, 9.17) is 0 Å². The highest BCUT2D eigenvalue weighted by atomic mass is 32.1. The Bertz CT molecular complexity index is 3510. The summed E-state index contributed by atoms with van der Waals surface area (Å²) < 4.78 is 2.88. The zero-order chi connectivity index (χ0) is 52.3. The van der Waals surface area contributed by atoms with E-state index < -0.39 is 0 Å². The molecule has 374 valence electrons. The number of rotatable bonds is 3. The maximum atomic E-state index is 2.70. The smallest absolute Gasteiger partial charge is 0.252 e. The maximum absolute atomic E-state index is 2.70. The predicted octanol–water partition coefficient (Wildman–Crippen LogP) is 18.1. The Morgan fingerprint density at radius 1 is 0.397 bits per heavy atom. The van der Waals surface area contributed by atoms with Crippen molar-refractivity contribution in [3.8, 4) is 11.1 Å². The van der Waals surface area contributed by atoms with Gasteiger partial charge in [-0.2, -0.15) is 0 Å². The highest BCUT2D eigenvalue weighted by Gasteiger charge is 2.46. The molecule has 3 aliphatic rings. The first-order chi connectivity index (χ1) is 34.0. The van der Waals surface area contributed by atoms with Crippen molar-refractivity contribution in [1.82, 2.24) is 0 Å². The first kappa shape index (κ1) is 49.6. The molecule has 0 fully saturated rings. The average molecular weight is 979 g/mol. The molecule has 0 bridgehead atoms. The maximum Gasteiger partial charge on any atom is 0.252 e. The molecule has 0 saturated heterocycles. The number of fused-ring (bicyclic) bond motifs is 10. The van der Waals surface area contributed by atoms with Gasteiger partial charge in [-0.15, -0.1) is 11.3 Å². The summed E-state index contributed by atoms with van der Waals surface area (Å²) in [4.78, 5) is 5.40. The molecule has 11 rings (SSSR count). The fraction of sp³-hybridized carbons (Fsp3) is 0.391. The van der Waals surface area contributed by atoms with E-state index >= 15 is 0 Å². The van der Waals surface area contributed by atoms with Crippen molar-refractivity contribution in [3.63, 3.8) is 0 Å². The van der Waals surface area contributed by atoms with Crippen LogP contribution in [0.1, 0.15) is 176 Å². The van der Waals surface area contributed by atoms with Gasteiger partial charge in [0.25, 0.3) is 6.71 Å². The molecule has 0 radical (unpaired) electrons. The van der Waals surface area contributed by atoms with Gasteiger partial charge in [0.15, 0.2) is 0 Å². The van der Waals surface area contributed by atoms with Gasteiger partial charge >= 0.3 is 0 Å². The Balaban J connectivity index is 1.29. The zero-order valence-corrected chi connectivity index (χ0v) is 48.3. The van der Waals surface area contributed by atoms with Crippen molar-refractivity contribution in [2.45, 2.75) is 176 Å². The second-order valence-corrected chi connectivity index (χ2v) is 29.3. The monoisotopic (exact) mass is 979 g/mol. The van der Waals surface area contributed by atoms with E-state index in [0.29, 0.717) is 0 Å². The number of hydrogen-bond acceptors (Lipinski definition) is 3. The van der Waals surface area contributed by atoms with Crippen LogP contribution in [0.2, 0.25) is 0 Å². The van der Waals surface area contributed by atoms with Crippen LogP contribution < -0.4 is 26.2 Å². The highest BCUT2D eigenvalue weighted by molar-refractivity contribution is 7.27. The van der Waals surface area contributed by atoms with E-state index in [1.54, 1.807) is 5.56 Å². The lowest BCUT2D eigenvalue weighted by Crippen LogP contribution is -2.61. The minimum Gasteiger partial charge on any atom is -0.311 e. The fourth-order valence-electron chi connectivity index (χ4n) is 12.1. The first-order valence-electron chi connectivity index (χ1n) is 27.3. The molecule has 4 heteroatoms. The summed E-state index contributed by atoms with van der Waals surface area (Å²) in [5.74, 6) is 0. The Labute approximate surface area is 443 Å². The van der Waals surface area contributed by atoms with Crippen molar-refractivity contribution in [1.29, 1.82) is 0 Å². The summed E-state index contributed by atoms with van der Waals surface area (Å²) in [5, 5.41) is 2.78. The molecular weight excluding hydrogens is 900 g/mol. The quantitative estimate of drug-likeness (QED) is 0.163. The molecule has 73 heavy (non-hydrogen) atoms. The van der Waals surface area contributed by atoms with E-state index in [-0.39, 0.29) is 39.2 Å². The van der Waals surface area contributed by atoms with Gasteiger partial charge < -0.3 is 9.80 Å². The predicted molar refractivity (Wildman–Crippen MR) is 323 cm³/mol. The third-order valence-corrected chi connectivity index (χ3v) is 18.0. The van der Waals surface area contributed by atoms with Crippen LogP contribution in [0.15, 0.2) is 115 Å². The van der Waals surface area contributed by atoms with Crippen molar-refractivity contribution < 1.29 is 0 Å². The topological polar surface area (TPSA) is 6.48 Å². The third-order valence-electron chi connectivity index (χ3n) is 16.7. The molecule has 8 aromatic rings. The summed E-state index contributed by atoms with van der Waals surface area (Å²) in [6, 6.07) is 47.0. The van der Waals surface area contributed by atoms with Crippen molar-refractivity contribution in [3.05, 3.63) is 160 Å². The zero-order valence-electron chi connectivity index (χ0n) is 47.5. The number of hydrogen-bond donors (Lipinski definition) is 0. The van der Waals surface area contributed by atoms with E-state index in [1.165, 1.54) is 140 Å². The first-order valence-corrected chi connectivity index (χ1v) is 28.1. The Morgan fingerprint density at radius 3 is 1.49 bits per heavy atom. The van der Waals surface area contributed by atoms with Gasteiger partial charge in [-0.1, -0.05) is 197 Å². The van der Waals surface area contributed by atoms with Crippen LogP contribution in [-0.4, -0.2) is 6.71 Å². The molecule has 7 aromatic carbocycles. The van der Waals surface area contributed by atoms with E-state index in [1.807, 2.05) is 11.3 Å². The normalized spacial score (nSPS) is 15.0. The molecule has 0 amide bonds. The Hall–Kier alpha value is -5.58.